The number of hydrogen-bond donors (Lipinski definition) is 2. The lowest BCUT2D eigenvalue weighted by Gasteiger charge is -2.35. The lowest BCUT2D eigenvalue weighted by Crippen LogP contribution is -2.49. The molecule has 1 aromatic rings. The number of carboxylic acid groups (broad SMARTS) is 1. The molecule has 19 heavy (non-hydrogen) atoms. The number of carbonyl (C=O) groups excluding carboxylic acids is 1. The van der Waals surface area contributed by atoms with Gasteiger partial charge in [-0.25, -0.2) is 4.79 Å². The zero-order valence-corrected chi connectivity index (χ0v) is 11.9. The Bertz CT molecular complexity index is 486. The van der Waals surface area contributed by atoms with E-state index in [0.717, 1.165) is 13.0 Å². The molecule has 104 valence electrons. The highest BCUT2D eigenvalue weighted by atomic mass is 32.1. The standard InChI is InChI=1S/C13H18N2O3S/c1-8-10-4-6-19-12(10)3-5-15(8)7-11(13(17)18)14-9(2)16/h4,6,8,11H,3,5,7H2,1-2H3,(H,14,16)(H,17,18). The molecule has 0 spiro atoms. The van der Waals surface area contributed by atoms with Crippen molar-refractivity contribution in [2.45, 2.75) is 32.4 Å². The van der Waals surface area contributed by atoms with E-state index in [0.29, 0.717) is 6.54 Å². The zero-order valence-electron chi connectivity index (χ0n) is 11.0. The van der Waals surface area contributed by atoms with Gasteiger partial charge in [-0.3, -0.25) is 9.69 Å². The van der Waals surface area contributed by atoms with Crippen LogP contribution in [0.2, 0.25) is 0 Å². The lowest BCUT2D eigenvalue weighted by atomic mass is 10.0. The van der Waals surface area contributed by atoms with Crippen molar-refractivity contribution in [3.05, 3.63) is 21.9 Å². The molecule has 1 aliphatic heterocycles. The van der Waals surface area contributed by atoms with Gasteiger partial charge in [0.15, 0.2) is 0 Å². The summed E-state index contributed by atoms with van der Waals surface area (Å²) in [6, 6.07) is 1.45. The second-order valence-electron chi connectivity index (χ2n) is 4.81. The van der Waals surface area contributed by atoms with E-state index in [4.69, 9.17) is 5.11 Å². The Labute approximate surface area is 116 Å². The molecule has 0 fully saturated rings. The van der Waals surface area contributed by atoms with E-state index < -0.39 is 12.0 Å². The number of fused-ring (bicyclic) bond motifs is 1. The third-order valence-corrected chi connectivity index (χ3v) is 4.49. The number of thiophene rings is 1. The first-order chi connectivity index (χ1) is 8.99. The highest BCUT2D eigenvalue weighted by Gasteiger charge is 2.29. The van der Waals surface area contributed by atoms with Crippen LogP contribution in [-0.4, -0.2) is 41.0 Å². The normalized spacial score (nSPS) is 20.6. The summed E-state index contributed by atoms with van der Waals surface area (Å²) in [6.07, 6.45) is 0.948. The molecule has 0 saturated carbocycles. The maximum Gasteiger partial charge on any atom is 0.327 e. The predicted molar refractivity (Wildman–Crippen MR) is 73.3 cm³/mol. The molecule has 1 aromatic heterocycles. The summed E-state index contributed by atoms with van der Waals surface area (Å²) >= 11 is 1.75. The second-order valence-corrected chi connectivity index (χ2v) is 5.81. The van der Waals surface area contributed by atoms with Crippen molar-refractivity contribution in [1.29, 1.82) is 0 Å². The Kier molecular flexibility index (Phi) is 4.21. The van der Waals surface area contributed by atoms with Crippen LogP contribution in [0.4, 0.5) is 0 Å². The van der Waals surface area contributed by atoms with Crippen LogP contribution in [0.1, 0.15) is 30.3 Å². The first-order valence-electron chi connectivity index (χ1n) is 6.29. The van der Waals surface area contributed by atoms with Crippen molar-refractivity contribution >= 4 is 23.2 Å². The van der Waals surface area contributed by atoms with Gasteiger partial charge < -0.3 is 10.4 Å². The van der Waals surface area contributed by atoms with Crippen LogP contribution in [0.25, 0.3) is 0 Å². The Morgan fingerprint density at radius 1 is 1.63 bits per heavy atom. The van der Waals surface area contributed by atoms with Gasteiger partial charge in [0.2, 0.25) is 5.91 Å². The number of carboxylic acids is 1. The molecule has 0 aliphatic carbocycles. The van der Waals surface area contributed by atoms with Crippen LogP contribution in [0.15, 0.2) is 11.4 Å². The largest absolute Gasteiger partial charge is 0.480 e. The topological polar surface area (TPSA) is 69.6 Å². The number of nitrogens with zero attached hydrogens (tertiary/aromatic N) is 1. The summed E-state index contributed by atoms with van der Waals surface area (Å²) in [7, 11) is 0. The highest BCUT2D eigenvalue weighted by Crippen LogP contribution is 2.32. The van der Waals surface area contributed by atoms with Gasteiger partial charge in [0, 0.05) is 30.9 Å². The number of aliphatic carboxylic acids is 1. The quantitative estimate of drug-likeness (QED) is 0.872. The maximum absolute atomic E-state index is 11.2. The summed E-state index contributed by atoms with van der Waals surface area (Å²) in [6.45, 7) is 4.59. The Hall–Kier alpha value is -1.40. The van der Waals surface area contributed by atoms with Crippen molar-refractivity contribution in [1.82, 2.24) is 10.2 Å². The number of rotatable bonds is 4. The van der Waals surface area contributed by atoms with E-state index >= 15 is 0 Å². The molecule has 1 aliphatic rings. The van der Waals surface area contributed by atoms with Crippen LogP contribution in [0.5, 0.6) is 0 Å². The molecule has 0 aromatic carbocycles. The molecule has 1 amide bonds. The summed E-state index contributed by atoms with van der Waals surface area (Å²) in [5.41, 5.74) is 1.28. The third-order valence-electron chi connectivity index (χ3n) is 3.50. The highest BCUT2D eigenvalue weighted by molar-refractivity contribution is 7.10. The fraction of sp³-hybridized carbons (Fsp3) is 0.538. The van der Waals surface area contributed by atoms with E-state index in [-0.39, 0.29) is 11.9 Å². The minimum Gasteiger partial charge on any atom is -0.480 e. The number of amides is 1. The van der Waals surface area contributed by atoms with Gasteiger partial charge in [0.1, 0.15) is 6.04 Å². The summed E-state index contributed by atoms with van der Waals surface area (Å²) in [5, 5.41) is 13.7. The molecule has 6 heteroatoms. The molecule has 2 atom stereocenters. The smallest absolute Gasteiger partial charge is 0.327 e. The van der Waals surface area contributed by atoms with Gasteiger partial charge in [0.05, 0.1) is 0 Å². The number of hydrogen-bond acceptors (Lipinski definition) is 4. The fourth-order valence-corrected chi connectivity index (χ4v) is 3.44. The second kappa shape index (κ2) is 5.71. The van der Waals surface area contributed by atoms with Crippen molar-refractivity contribution in [3.8, 4) is 0 Å². The SMILES string of the molecule is CC(=O)NC(CN1CCc2sccc2C1C)C(=O)O. The van der Waals surface area contributed by atoms with Gasteiger partial charge in [0.25, 0.3) is 0 Å². The lowest BCUT2D eigenvalue weighted by molar-refractivity contribution is -0.142. The molecule has 0 radical (unpaired) electrons. The van der Waals surface area contributed by atoms with Crippen LogP contribution < -0.4 is 5.32 Å². The van der Waals surface area contributed by atoms with Gasteiger partial charge >= 0.3 is 5.97 Å². The van der Waals surface area contributed by atoms with Crippen LogP contribution in [-0.2, 0) is 16.0 Å². The van der Waals surface area contributed by atoms with Gasteiger partial charge in [-0.2, -0.15) is 0 Å². The number of nitrogens with one attached hydrogen (secondary N) is 1. The molecule has 2 heterocycles. The van der Waals surface area contributed by atoms with Gasteiger partial charge in [-0.1, -0.05) is 0 Å². The predicted octanol–water partition coefficient (Wildman–Crippen LogP) is 1.26. The molecule has 5 nitrogen and oxygen atoms in total. The third kappa shape index (κ3) is 3.13. The summed E-state index contributed by atoms with van der Waals surface area (Å²) in [4.78, 5) is 25.7. The molecule has 0 bridgehead atoms. The molecular weight excluding hydrogens is 264 g/mol. The van der Waals surface area contributed by atoms with E-state index in [1.54, 1.807) is 11.3 Å². The minimum atomic E-state index is -0.987. The van der Waals surface area contributed by atoms with Crippen LogP contribution >= 0.6 is 11.3 Å². The van der Waals surface area contributed by atoms with Gasteiger partial charge in [-0.15, -0.1) is 11.3 Å². The van der Waals surface area contributed by atoms with Crippen molar-refractivity contribution in [2.24, 2.45) is 0 Å². The van der Waals surface area contributed by atoms with Crippen LogP contribution in [0, 0.1) is 0 Å². The molecule has 0 saturated heterocycles. The van der Waals surface area contributed by atoms with Crippen molar-refractivity contribution < 1.29 is 14.7 Å². The van der Waals surface area contributed by atoms with E-state index in [1.807, 2.05) is 0 Å². The zero-order chi connectivity index (χ0) is 14.0. The fourth-order valence-electron chi connectivity index (χ4n) is 2.48. The molecular formula is C13H18N2O3S. The average Bonchev–Trinajstić information content (AvgIpc) is 2.79. The summed E-state index contributed by atoms with van der Waals surface area (Å²) < 4.78 is 0. The van der Waals surface area contributed by atoms with E-state index in [9.17, 15) is 9.59 Å². The Balaban J connectivity index is 2.06. The minimum absolute atomic E-state index is 0.200. The monoisotopic (exact) mass is 282 g/mol. The number of carbonyl (C=O) groups is 2. The van der Waals surface area contributed by atoms with Crippen molar-refractivity contribution in [2.75, 3.05) is 13.1 Å². The first kappa shape index (κ1) is 14.0. The maximum atomic E-state index is 11.2. The summed E-state index contributed by atoms with van der Waals surface area (Å²) in [5.74, 6) is -1.30. The first-order valence-corrected chi connectivity index (χ1v) is 7.17. The average molecular weight is 282 g/mol. The molecule has 2 N–H and O–H groups in total. The van der Waals surface area contributed by atoms with Crippen molar-refractivity contribution in [3.63, 3.8) is 0 Å². The molecule has 2 rings (SSSR count). The Morgan fingerprint density at radius 2 is 2.37 bits per heavy atom. The molecule has 2 unspecified atom stereocenters. The van der Waals surface area contributed by atoms with Crippen LogP contribution in [0.3, 0.4) is 0 Å². The van der Waals surface area contributed by atoms with E-state index in [1.165, 1.54) is 17.4 Å². The Morgan fingerprint density at radius 3 is 3.00 bits per heavy atom. The van der Waals surface area contributed by atoms with E-state index in [2.05, 4.69) is 28.6 Å². The van der Waals surface area contributed by atoms with Gasteiger partial charge in [-0.05, 0) is 30.4 Å².